The highest BCUT2D eigenvalue weighted by molar-refractivity contribution is 14.1. The van der Waals surface area contributed by atoms with Gasteiger partial charge in [0.25, 0.3) is 0 Å². The normalized spacial score (nSPS) is 29.3. The van der Waals surface area contributed by atoms with Crippen molar-refractivity contribution < 1.29 is 22.3 Å². The lowest BCUT2D eigenvalue weighted by Crippen LogP contribution is -2.44. The van der Waals surface area contributed by atoms with Gasteiger partial charge in [0.15, 0.2) is 8.32 Å². The van der Waals surface area contributed by atoms with Gasteiger partial charge in [-0.1, -0.05) is 82.2 Å². The number of fused-ring (bicyclic) bond motifs is 3. The Morgan fingerprint density at radius 1 is 0.953 bits per heavy atom. The van der Waals surface area contributed by atoms with Crippen molar-refractivity contribution in [3.05, 3.63) is 63.5 Å². The van der Waals surface area contributed by atoms with Crippen LogP contribution >= 0.6 is 22.6 Å². The third-order valence-corrected chi connectivity index (χ3v) is 17.3. The number of nitrogens with zero attached hydrogens (tertiary/aromatic N) is 1. The molecule has 2 heterocycles. The number of halogens is 4. The van der Waals surface area contributed by atoms with Crippen LogP contribution in [-0.2, 0) is 27.4 Å². The molecule has 1 aliphatic heterocycles. The van der Waals surface area contributed by atoms with E-state index in [4.69, 9.17) is 14.1 Å². The van der Waals surface area contributed by atoms with Gasteiger partial charge in [-0.2, -0.15) is 13.2 Å². The van der Waals surface area contributed by atoms with Gasteiger partial charge in [0.05, 0.1) is 17.4 Å². The van der Waals surface area contributed by atoms with Gasteiger partial charge in [0, 0.05) is 20.7 Å². The Morgan fingerprint density at radius 3 is 2.16 bits per heavy atom. The molecule has 2 aromatic rings. The van der Waals surface area contributed by atoms with E-state index in [0.29, 0.717) is 5.92 Å². The molecule has 3 nitrogen and oxygen atoms in total. The maximum atomic E-state index is 13.6. The molecule has 6 rings (SSSR count). The lowest BCUT2D eigenvalue weighted by Gasteiger charge is -2.45. The number of benzene rings is 1. The summed E-state index contributed by atoms with van der Waals surface area (Å²) in [6.45, 7) is 16.3. The Bertz CT molecular complexity index is 1380. The molecule has 0 saturated heterocycles. The van der Waals surface area contributed by atoms with Crippen LogP contribution in [0.15, 0.2) is 24.3 Å². The minimum Gasteiger partial charge on any atom is -0.410 e. The molecule has 2 saturated carbocycles. The van der Waals surface area contributed by atoms with E-state index in [1.807, 2.05) is 0 Å². The topological polar surface area (TPSA) is 31.4 Å². The molecule has 0 bridgehead atoms. The van der Waals surface area contributed by atoms with E-state index >= 15 is 0 Å². The lowest BCUT2D eigenvalue weighted by molar-refractivity contribution is -0.137. The SMILES string of the molecule is CC1(C)Cc2nc3c(c(C4CCCC4)c2[C@@H](O[Si](C)(C)C(C)(C)C)C1)C(c1ccc(C(F)(F)F)cc1)OC31CCCC1I. The van der Waals surface area contributed by atoms with Crippen molar-refractivity contribution in [1.29, 1.82) is 0 Å². The first kappa shape index (κ1) is 32.0. The predicted octanol–water partition coefficient (Wildman–Crippen LogP) is 11.1. The Balaban J connectivity index is 1.60. The van der Waals surface area contributed by atoms with Gasteiger partial charge in [-0.25, -0.2) is 0 Å². The van der Waals surface area contributed by atoms with Crippen molar-refractivity contribution in [1.82, 2.24) is 4.98 Å². The van der Waals surface area contributed by atoms with Crippen LogP contribution in [0.4, 0.5) is 13.2 Å². The fourth-order valence-corrected chi connectivity index (χ4v) is 10.4. The minimum absolute atomic E-state index is 0.0446. The summed E-state index contributed by atoms with van der Waals surface area (Å²) in [5.74, 6) is 0.391. The summed E-state index contributed by atoms with van der Waals surface area (Å²) in [6, 6.07) is 5.70. The second kappa shape index (κ2) is 10.8. The van der Waals surface area contributed by atoms with Gasteiger partial charge in [-0.05, 0) is 97.7 Å². The molecule has 1 aromatic heterocycles. The van der Waals surface area contributed by atoms with E-state index in [2.05, 4.69) is 70.3 Å². The molecule has 3 unspecified atom stereocenters. The molecule has 236 valence electrons. The maximum absolute atomic E-state index is 13.6. The molecule has 1 spiro atoms. The zero-order chi connectivity index (χ0) is 31.2. The standard InChI is InChI=1S/C35H47F3INO2Si/c1-32(2,3)43(6,7)42-25-20-33(4,5)19-24-28(25)27(21-11-8-9-12-21)29-30(22-14-16-23(17-15-22)35(36,37)38)41-34(31(29)40-24)18-10-13-26(34)39/h14-17,21,25-26,30H,8-13,18-20H2,1-7H3/t25-,26?,30?,34?/m0/s1. The molecule has 4 aliphatic rings. The van der Waals surface area contributed by atoms with Crippen LogP contribution in [0, 0.1) is 5.41 Å². The van der Waals surface area contributed by atoms with E-state index in [9.17, 15) is 13.2 Å². The average molecular weight is 726 g/mol. The zero-order valence-electron chi connectivity index (χ0n) is 26.8. The smallest absolute Gasteiger partial charge is 0.410 e. The Kier molecular flexibility index (Phi) is 8.03. The monoisotopic (exact) mass is 725 g/mol. The Hall–Kier alpha value is -0.973. The van der Waals surface area contributed by atoms with Gasteiger partial charge in [0.1, 0.15) is 11.7 Å². The van der Waals surface area contributed by atoms with Gasteiger partial charge in [-0.15, -0.1) is 0 Å². The molecule has 0 radical (unpaired) electrons. The molecule has 0 N–H and O–H groups in total. The molecule has 3 aliphatic carbocycles. The molecule has 1 aromatic carbocycles. The van der Waals surface area contributed by atoms with E-state index < -0.39 is 31.8 Å². The third-order valence-electron chi connectivity index (χ3n) is 11.1. The van der Waals surface area contributed by atoms with Gasteiger partial charge >= 0.3 is 6.18 Å². The fraction of sp³-hybridized carbons (Fsp3) is 0.686. The number of aromatic nitrogens is 1. The van der Waals surface area contributed by atoms with Crippen LogP contribution in [0.5, 0.6) is 0 Å². The van der Waals surface area contributed by atoms with E-state index in [0.717, 1.165) is 61.8 Å². The van der Waals surface area contributed by atoms with Crippen LogP contribution in [0.1, 0.15) is 143 Å². The molecular formula is C35H47F3INO2Si. The summed E-state index contributed by atoms with van der Waals surface area (Å²) in [5.41, 5.74) is 5.76. The van der Waals surface area contributed by atoms with Crippen LogP contribution in [0.3, 0.4) is 0 Å². The first-order valence-electron chi connectivity index (χ1n) is 16.2. The zero-order valence-corrected chi connectivity index (χ0v) is 29.9. The minimum atomic E-state index is -4.37. The molecule has 2 fully saturated rings. The molecule has 8 heteroatoms. The van der Waals surface area contributed by atoms with Crippen molar-refractivity contribution >= 4 is 30.9 Å². The van der Waals surface area contributed by atoms with Crippen molar-refractivity contribution in [3.8, 4) is 0 Å². The first-order chi connectivity index (χ1) is 19.9. The molecular weight excluding hydrogens is 678 g/mol. The van der Waals surface area contributed by atoms with Gasteiger partial charge in [-0.3, -0.25) is 4.98 Å². The van der Waals surface area contributed by atoms with E-state index in [-0.39, 0.29) is 20.5 Å². The summed E-state index contributed by atoms with van der Waals surface area (Å²) in [5, 5.41) is 0.0701. The van der Waals surface area contributed by atoms with E-state index in [1.165, 1.54) is 41.8 Å². The number of hydrogen-bond donors (Lipinski definition) is 0. The first-order valence-corrected chi connectivity index (χ1v) is 20.3. The highest BCUT2D eigenvalue weighted by atomic mass is 127. The van der Waals surface area contributed by atoms with Crippen LogP contribution in [0.25, 0.3) is 0 Å². The number of hydrogen-bond acceptors (Lipinski definition) is 3. The van der Waals surface area contributed by atoms with Crippen molar-refractivity contribution in [2.24, 2.45) is 5.41 Å². The van der Waals surface area contributed by atoms with Crippen molar-refractivity contribution in [2.45, 2.75) is 144 Å². The predicted molar refractivity (Wildman–Crippen MR) is 176 cm³/mol. The Labute approximate surface area is 270 Å². The maximum Gasteiger partial charge on any atom is 0.416 e. The molecule has 43 heavy (non-hydrogen) atoms. The Morgan fingerprint density at radius 2 is 1.60 bits per heavy atom. The lowest BCUT2D eigenvalue weighted by atomic mass is 9.70. The summed E-state index contributed by atoms with van der Waals surface area (Å²) in [6.07, 6.45) is 4.66. The highest BCUT2D eigenvalue weighted by Gasteiger charge is 2.56. The van der Waals surface area contributed by atoms with Crippen LogP contribution < -0.4 is 0 Å². The fourth-order valence-electron chi connectivity index (χ4n) is 7.92. The second-order valence-electron chi connectivity index (χ2n) is 15.9. The number of alkyl halides is 4. The second-order valence-corrected chi connectivity index (χ2v) is 22.2. The third kappa shape index (κ3) is 5.56. The average Bonchev–Trinajstić information content (AvgIpc) is 3.62. The largest absolute Gasteiger partial charge is 0.416 e. The van der Waals surface area contributed by atoms with Crippen molar-refractivity contribution in [2.75, 3.05) is 0 Å². The number of rotatable bonds is 4. The molecule has 0 amide bonds. The highest BCUT2D eigenvalue weighted by Crippen LogP contribution is 2.61. The summed E-state index contributed by atoms with van der Waals surface area (Å²) >= 11 is 2.55. The quantitative estimate of drug-likeness (QED) is 0.179. The number of ether oxygens (including phenoxy) is 1. The van der Waals surface area contributed by atoms with Gasteiger partial charge < -0.3 is 9.16 Å². The summed E-state index contributed by atoms with van der Waals surface area (Å²) in [4.78, 5) is 5.61. The van der Waals surface area contributed by atoms with Crippen LogP contribution in [-0.4, -0.2) is 17.2 Å². The van der Waals surface area contributed by atoms with Crippen molar-refractivity contribution in [3.63, 3.8) is 0 Å². The van der Waals surface area contributed by atoms with Crippen LogP contribution in [0.2, 0.25) is 18.1 Å². The molecule has 4 atom stereocenters. The summed E-state index contributed by atoms with van der Waals surface area (Å²) in [7, 11) is -2.13. The number of pyridine rings is 1. The summed E-state index contributed by atoms with van der Waals surface area (Å²) < 4.78 is 55.4. The van der Waals surface area contributed by atoms with E-state index in [1.54, 1.807) is 12.1 Å². The van der Waals surface area contributed by atoms with Gasteiger partial charge in [0.2, 0.25) is 0 Å².